The molecule has 1 atom stereocenters. The maximum atomic E-state index is 8.60. The van der Waals surface area contributed by atoms with E-state index in [-0.39, 0.29) is 12.6 Å². The number of thioether (sulfide) groups is 1. The Morgan fingerprint density at radius 1 is 1.45 bits per heavy atom. The van der Waals surface area contributed by atoms with Gasteiger partial charge in [-0.15, -0.1) is 0 Å². The zero-order chi connectivity index (χ0) is 8.53. The van der Waals surface area contributed by atoms with Gasteiger partial charge < -0.3 is 10.8 Å². The van der Waals surface area contributed by atoms with Gasteiger partial charge in [-0.1, -0.05) is 13.3 Å². The Hall–Kier alpha value is 0.270. The lowest BCUT2D eigenvalue weighted by molar-refractivity contribution is 0.264. The van der Waals surface area contributed by atoms with Gasteiger partial charge in [0.1, 0.15) is 0 Å². The first kappa shape index (κ1) is 11.3. The van der Waals surface area contributed by atoms with E-state index in [0.717, 1.165) is 12.2 Å². The summed E-state index contributed by atoms with van der Waals surface area (Å²) in [6.07, 6.45) is 3.49. The maximum absolute atomic E-state index is 8.60. The first-order chi connectivity index (χ1) is 5.31. The predicted octanol–water partition coefficient (Wildman–Crippen LogP) is 1.23. The van der Waals surface area contributed by atoms with Crippen LogP contribution >= 0.6 is 11.8 Å². The van der Waals surface area contributed by atoms with E-state index in [1.807, 2.05) is 11.8 Å². The van der Waals surface area contributed by atoms with Gasteiger partial charge in [-0.3, -0.25) is 0 Å². The van der Waals surface area contributed by atoms with Crippen molar-refractivity contribution in [3.63, 3.8) is 0 Å². The van der Waals surface area contributed by atoms with Crippen molar-refractivity contribution in [2.24, 2.45) is 5.73 Å². The molecule has 0 heterocycles. The molecule has 3 heteroatoms. The number of hydrogen-bond acceptors (Lipinski definition) is 3. The second-order valence-corrected chi connectivity index (χ2v) is 3.92. The van der Waals surface area contributed by atoms with Crippen molar-refractivity contribution in [3.05, 3.63) is 0 Å². The molecule has 0 bridgehead atoms. The standard InChI is InChI=1S/C8H19NOS/c1-2-3-5-11-6-4-8(9)7-10/h8,10H,2-7,9H2,1H3. The molecular formula is C8H19NOS. The van der Waals surface area contributed by atoms with Crippen molar-refractivity contribution in [1.29, 1.82) is 0 Å². The minimum Gasteiger partial charge on any atom is -0.395 e. The van der Waals surface area contributed by atoms with E-state index in [1.54, 1.807) is 0 Å². The van der Waals surface area contributed by atoms with E-state index in [2.05, 4.69) is 6.92 Å². The van der Waals surface area contributed by atoms with Crippen molar-refractivity contribution in [3.8, 4) is 0 Å². The van der Waals surface area contributed by atoms with Gasteiger partial charge in [0.15, 0.2) is 0 Å². The molecular weight excluding hydrogens is 158 g/mol. The van der Waals surface area contributed by atoms with Crippen LogP contribution in [-0.2, 0) is 0 Å². The molecule has 0 aliphatic rings. The van der Waals surface area contributed by atoms with E-state index in [4.69, 9.17) is 10.8 Å². The van der Waals surface area contributed by atoms with Crippen LogP contribution in [0.15, 0.2) is 0 Å². The highest BCUT2D eigenvalue weighted by Gasteiger charge is 1.98. The lowest BCUT2D eigenvalue weighted by Gasteiger charge is -2.06. The van der Waals surface area contributed by atoms with Crippen LogP contribution in [0.2, 0.25) is 0 Å². The zero-order valence-electron chi connectivity index (χ0n) is 7.25. The molecule has 0 saturated carbocycles. The van der Waals surface area contributed by atoms with Crippen LogP contribution in [0.4, 0.5) is 0 Å². The molecule has 1 unspecified atom stereocenters. The summed E-state index contributed by atoms with van der Waals surface area (Å²) in [5.41, 5.74) is 5.52. The fourth-order valence-corrected chi connectivity index (χ4v) is 1.84. The largest absolute Gasteiger partial charge is 0.395 e. The lowest BCUT2D eigenvalue weighted by Crippen LogP contribution is -2.24. The summed E-state index contributed by atoms with van der Waals surface area (Å²) in [6, 6.07) is -0.0101. The summed E-state index contributed by atoms with van der Waals surface area (Å²) in [7, 11) is 0. The first-order valence-corrected chi connectivity index (χ1v) is 5.41. The summed E-state index contributed by atoms with van der Waals surface area (Å²) in [5.74, 6) is 2.32. The second-order valence-electron chi connectivity index (χ2n) is 2.70. The quantitative estimate of drug-likeness (QED) is 0.575. The minimum atomic E-state index is -0.0101. The van der Waals surface area contributed by atoms with Gasteiger partial charge in [0.05, 0.1) is 6.61 Å². The molecule has 68 valence electrons. The van der Waals surface area contributed by atoms with Crippen LogP contribution < -0.4 is 5.73 Å². The molecule has 0 aliphatic carbocycles. The van der Waals surface area contributed by atoms with Gasteiger partial charge in [0.2, 0.25) is 0 Å². The molecule has 2 nitrogen and oxygen atoms in total. The van der Waals surface area contributed by atoms with E-state index < -0.39 is 0 Å². The van der Waals surface area contributed by atoms with Gasteiger partial charge in [0.25, 0.3) is 0 Å². The Bertz CT molecular complexity index is 80.5. The molecule has 0 radical (unpaired) electrons. The number of hydrogen-bond donors (Lipinski definition) is 2. The predicted molar refractivity (Wildman–Crippen MR) is 51.9 cm³/mol. The highest BCUT2D eigenvalue weighted by molar-refractivity contribution is 7.99. The average Bonchev–Trinajstić information content (AvgIpc) is 2.04. The molecule has 0 aromatic heterocycles. The van der Waals surface area contributed by atoms with Crippen molar-refractivity contribution in [2.45, 2.75) is 32.2 Å². The Morgan fingerprint density at radius 2 is 2.18 bits per heavy atom. The Balaban J connectivity index is 2.89. The first-order valence-electron chi connectivity index (χ1n) is 4.25. The topological polar surface area (TPSA) is 46.2 Å². The average molecular weight is 177 g/mol. The van der Waals surface area contributed by atoms with Crippen LogP contribution in [0.5, 0.6) is 0 Å². The van der Waals surface area contributed by atoms with Crippen LogP contribution in [0.1, 0.15) is 26.2 Å². The van der Waals surface area contributed by atoms with Crippen LogP contribution in [0.3, 0.4) is 0 Å². The third kappa shape index (κ3) is 8.17. The van der Waals surface area contributed by atoms with Gasteiger partial charge in [-0.2, -0.15) is 11.8 Å². The molecule has 0 saturated heterocycles. The fraction of sp³-hybridized carbons (Fsp3) is 1.00. The highest BCUT2D eigenvalue weighted by atomic mass is 32.2. The van der Waals surface area contributed by atoms with Gasteiger partial charge in [0, 0.05) is 6.04 Å². The summed E-state index contributed by atoms with van der Waals surface area (Å²) in [4.78, 5) is 0. The van der Waals surface area contributed by atoms with Crippen LogP contribution in [0, 0.1) is 0 Å². The smallest absolute Gasteiger partial charge is 0.0582 e. The summed E-state index contributed by atoms with van der Waals surface area (Å²) >= 11 is 1.93. The third-order valence-corrected chi connectivity index (χ3v) is 2.61. The van der Waals surface area contributed by atoms with Gasteiger partial charge in [-0.05, 0) is 24.3 Å². The number of nitrogens with two attached hydrogens (primary N) is 1. The molecule has 0 fully saturated rings. The van der Waals surface area contributed by atoms with Crippen molar-refractivity contribution in [2.75, 3.05) is 18.1 Å². The zero-order valence-corrected chi connectivity index (χ0v) is 8.07. The molecule has 0 rings (SSSR count). The molecule has 11 heavy (non-hydrogen) atoms. The van der Waals surface area contributed by atoms with E-state index in [1.165, 1.54) is 18.6 Å². The Kier molecular flexibility index (Phi) is 8.57. The molecule has 0 aromatic rings. The SMILES string of the molecule is CCCCSCCC(N)CO. The molecule has 0 aromatic carbocycles. The van der Waals surface area contributed by atoms with E-state index in [9.17, 15) is 0 Å². The monoisotopic (exact) mass is 177 g/mol. The summed E-state index contributed by atoms with van der Waals surface area (Å²) < 4.78 is 0. The Labute approximate surface area is 73.6 Å². The highest BCUT2D eigenvalue weighted by Crippen LogP contribution is 2.06. The molecule has 0 aliphatic heterocycles. The van der Waals surface area contributed by atoms with Crippen molar-refractivity contribution in [1.82, 2.24) is 0 Å². The van der Waals surface area contributed by atoms with Crippen molar-refractivity contribution >= 4 is 11.8 Å². The van der Waals surface area contributed by atoms with Crippen LogP contribution in [-0.4, -0.2) is 29.3 Å². The number of rotatable bonds is 7. The number of unbranched alkanes of at least 4 members (excludes halogenated alkanes) is 1. The normalized spacial score (nSPS) is 13.4. The molecule has 3 N–H and O–H groups in total. The van der Waals surface area contributed by atoms with Gasteiger partial charge in [-0.25, -0.2) is 0 Å². The van der Waals surface area contributed by atoms with Crippen LogP contribution in [0.25, 0.3) is 0 Å². The molecule has 0 amide bonds. The number of aliphatic hydroxyl groups excluding tert-OH is 1. The van der Waals surface area contributed by atoms with E-state index in [0.29, 0.717) is 0 Å². The van der Waals surface area contributed by atoms with Crippen molar-refractivity contribution < 1.29 is 5.11 Å². The number of aliphatic hydroxyl groups is 1. The fourth-order valence-electron chi connectivity index (χ4n) is 0.674. The summed E-state index contributed by atoms with van der Waals surface area (Å²) in [5, 5.41) is 8.60. The maximum Gasteiger partial charge on any atom is 0.0582 e. The van der Waals surface area contributed by atoms with E-state index >= 15 is 0 Å². The lowest BCUT2D eigenvalue weighted by atomic mass is 10.3. The minimum absolute atomic E-state index is 0.0101. The Morgan fingerprint density at radius 3 is 2.73 bits per heavy atom. The molecule has 0 spiro atoms. The van der Waals surface area contributed by atoms with Gasteiger partial charge >= 0.3 is 0 Å². The summed E-state index contributed by atoms with van der Waals surface area (Å²) in [6.45, 7) is 2.31. The second kappa shape index (κ2) is 8.37. The third-order valence-electron chi connectivity index (χ3n) is 1.51.